The molecule has 0 saturated carbocycles. The van der Waals surface area contributed by atoms with Gasteiger partial charge in [0.05, 0.1) is 12.2 Å². The summed E-state index contributed by atoms with van der Waals surface area (Å²) in [5, 5.41) is 4.75. The molecule has 0 atom stereocenters. The quantitative estimate of drug-likeness (QED) is 0.845. The zero-order valence-electron chi connectivity index (χ0n) is 9.41. The Kier molecular flexibility index (Phi) is 4.69. The number of carbonyl (C=O) groups excluding carboxylic acids is 1. The van der Waals surface area contributed by atoms with Crippen LogP contribution >= 0.6 is 0 Å². The van der Waals surface area contributed by atoms with Crippen molar-refractivity contribution in [1.29, 1.82) is 0 Å². The molecule has 1 aromatic heterocycles. The first-order chi connectivity index (χ1) is 8.40. The molecule has 2 N–H and O–H groups in total. The standard InChI is InChI=1S/C9H11F3N4O2/c1-13-8(17)14-3-6-2-7(16-5-15-6)18-4-9(10,11)12/h2,5H,3-4H2,1H3,(H2,13,14,17). The van der Waals surface area contributed by atoms with Gasteiger partial charge in [0.2, 0.25) is 5.88 Å². The minimum Gasteiger partial charge on any atom is -0.468 e. The Morgan fingerprint density at radius 2 is 2.17 bits per heavy atom. The Morgan fingerprint density at radius 1 is 1.44 bits per heavy atom. The van der Waals surface area contributed by atoms with Gasteiger partial charge in [-0.3, -0.25) is 0 Å². The fourth-order valence-electron chi connectivity index (χ4n) is 0.968. The predicted molar refractivity (Wildman–Crippen MR) is 54.9 cm³/mol. The maximum absolute atomic E-state index is 11.9. The number of halogens is 3. The highest BCUT2D eigenvalue weighted by molar-refractivity contribution is 5.73. The number of hydrogen-bond donors (Lipinski definition) is 2. The molecule has 100 valence electrons. The van der Waals surface area contributed by atoms with Gasteiger partial charge in [0.15, 0.2) is 6.61 Å². The number of aromatic nitrogens is 2. The van der Waals surface area contributed by atoms with Crippen LogP contribution in [0.15, 0.2) is 12.4 Å². The topological polar surface area (TPSA) is 76.1 Å². The summed E-state index contributed by atoms with van der Waals surface area (Å²) in [6, 6.07) is 0.799. The third-order valence-electron chi connectivity index (χ3n) is 1.74. The summed E-state index contributed by atoms with van der Waals surface area (Å²) in [5.41, 5.74) is 0.339. The lowest BCUT2D eigenvalue weighted by molar-refractivity contribution is -0.154. The van der Waals surface area contributed by atoms with Crippen molar-refractivity contribution in [3.05, 3.63) is 18.1 Å². The van der Waals surface area contributed by atoms with Gasteiger partial charge in [-0.2, -0.15) is 13.2 Å². The van der Waals surface area contributed by atoms with Crippen LogP contribution in [0.2, 0.25) is 0 Å². The molecule has 0 saturated heterocycles. The van der Waals surface area contributed by atoms with Crippen LogP contribution in [0.3, 0.4) is 0 Å². The molecule has 0 aliphatic carbocycles. The average Bonchev–Trinajstić information content (AvgIpc) is 2.33. The van der Waals surface area contributed by atoms with E-state index in [1.165, 1.54) is 13.1 Å². The van der Waals surface area contributed by atoms with E-state index < -0.39 is 18.8 Å². The Morgan fingerprint density at radius 3 is 2.78 bits per heavy atom. The number of amides is 2. The molecule has 0 radical (unpaired) electrons. The van der Waals surface area contributed by atoms with Crippen molar-refractivity contribution in [1.82, 2.24) is 20.6 Å². The van der Waals surface area contributed by atoms with Crippen LogP contribution in [-0.4, -0.2) is 35.8 Å². The third-order valence-corrected chi connectivity index (χ3v) is 1.74. The van der Waals surface area contributed by atoms with Gasteiger partial charge in [-0.15, -0.1) is 0 Å². The van der Waals surface area contributed by atoms with Crippen molar-refractivity contribution in [3.8, 4) is 5.88 Å². The molecule has 1 aromatic rings. The molecular formula is C9H11F3N4O2. The second-order valence-electron chi connectivity index (χ2n) is 3.18. The normalized spacial score (nSPS) is 10.9. The van der Waals surface area contributed by atoms with Crippen molar-refractivity contribution >= 4 is 6.03 Å². The highest BCUT2D eigenvalue weighted by atomic mass is 19.4. The van der Waals surface area contributed by atoms with Crippen molar-refractivity contribution in [3.63, 3.8) is 0 Å². The van der Waals surface area contributed by atoms with Gasteiger partial charge in [0.1, 0.15) is 6.33 Å². The van der Waals surface area contributed by atoms with Crippen LogP contribution in [-0.2, 0) is 6.54 Å². The molecular weight excluding hydrogens is 253 g/mol. The maximum atomic E-state index is 11.9. The van der Waals surface area contributed by atoms with E-state index in [9.17, 15) is 18.0 Å². The first-order valence-electron chi connectivity index (χ1n) is 4.87. The van der Waals surface area contributed by atoms with Crippen LogP contribution < -0.4 is 15.4 Å². The summed E-state index contributed by atoms with van der Waals surface area (Å²) >= 11 is 0. The first-order valence-corrected chi connectivity index (χ1v) is 4.87. The van der Waals surface area contributed by atoms with Crippen molar-refractivity contribution in [2.24, 2.45) is 0 Å². The zero-order chi connectivity index (χ0) is 13.6. The van der Waals surface area contributed by atoms with Crippen LogP contribution in [0.1, 0.15) is 5.69 Å². The summed E-state index contributed by atoms with van der Waals surface area (Å²) in [4.78, 5) is 18.2. The highest BCUT2D eigenvalue weighted by Crippen LogP contribution is 2.16. The SMILES string of the molecule is CNC(=O)NCc1cc(OCC(F)(F)F)ncn1. The molecule has 0 aromatic carbocycles. The zero-order valence-corrected chi connectivity index (χ0v) is 9.41. The van der Waals surface area contributed by atoms with Gasteiger partial charge >= 0.3 is 12.2 Å². The molecule has 2 amide bonds. The largest absolute Gasteiger partial charge is 0.468 e. The molecule has 18 heavy (non-hydrogen) atoms. The molecule has 0 spiro atoms. The summed E-state index contributed by atoms with van der Waals surface area (Å²) in [7, 11) is 1.44. The molecule has 0 aliphatic rings. The van der Waals surface area contributed by atoms with Crippen molar-refractivity contribution in [2.45, 2.75) is 12.7 Å². The molecule has 0 unspecified atom stereocenters. The maximum Gasteiger partial charge on any atom is 0.422 e. The van der Waals surface area contributed by atoms with E-state index in [1.807, 2.05) is 0 Å². The number of ether oxygens (including phenoxy) is 1. The number of nitrogens with zero attached hydrogens (tertiary/aromatic N) is 2. The summed E-state index contributed by atoms with van der Waals surface area (Å²) in [6.07, 6.45) is -3.36. The number of hydrogen-bond acceptors (Lipinski definition) is 4. The van der Waals surface area contributed by atoms with Gasteiger partial charge in [0, 0.05) is 13.1 Å². The van der Waals surface area contributed by atoms with Gasteiger partial charge < -0.3 is 15.4 Å². The smallest absolute Gasteiger partial charge is 0.422 e. The minimum absolute atomic E-state index is 0.0601. The molecule has 6 nitrogen and oxygen atoms in total. The number of alkyl halides is 3. The van der Waals surface area contributed by atoms with Gasteiger partial charge in [-0.1, -0.05) is 0 Å². The van der Waals surface area contributed by atoms with Crippen molar-refractivity contribution < 1.29 is 22.7 Å². The number of carbonyl (C=O) groups is 1. The van der Waals surface area contributed by atoms with E-state index >= 15 is 0 Å². The van der Waals surface area contributed by atoms with Gasteiger partial charge in [0.25, 0.3) is 0 Å². The Balaban J connectivity index is 2.54. The molecule has 1 rings (SSSR count). The fraction of sp³-hybridized carbons (Fsp3) is 0.444. The van der Waals surface area contributed by atoms with Crippen LogP contribution in [0.4, 0.5) is 18.0 Å². The fourth-order valence-corrected chi connectivity index (χ4v) is 0.968. The molecule has 1 heterocycles. The van der Waals surface area contributed by atoms with E-state index in [4.69, 9.17) is 0 Å². The molecule has 0 aliphatic heterocycles. The Labute approximate surface area is 101 Å². The Hall–Kier alpha value is -2.06. The van der Waals surface area contributed by atoms with Gasteiger partial charge in [-0.25, -0.2) is 14.8 Å². The van der Waals surface area contributed by atoms with E-state index in [1.54, 1.807) is 0 Å². The second kappa shape index (κ2) is 6.03. The van der Waals surface area contributed by atoms with E-state index in [0.717, 1.165) is 6.33 Å². The molecule has 9 heteroatoms. The second-order valence-corrected chi connectivity index (χ2v) is 3.18. The summed E-state index contributed by atoms with van der Waals surface area (Å²) < 4.78 is 40.2. The number of urea groups is 1. The van der Waals surface area contributed by atoms with Crippen molar-refractivity contribution in [2.75, 3.05) is 13.7 Å². The lowest BCUT2D eigenvalue weighted by Crippen LogP contribution is -2.32. The minimum atomic E-state index is -4.43. The highest BCUT2D eigenvalue weighted by Gasteiger charge is 2.28. The lowest BCUT2D eigenvalue weighted by atomic mass is 10.4. The molecule has 0 fully saturated rings. The number of rotatable bonds is 4. The monoisotopic (exact) mass is 264 g/mol. The summed E-state index contributed by atoms with van der Waals surface area (Å²) in [6.45, 7) is -1.36. The molecule has 0 bridgehead atoms. The van der Waals surface area contributed by atoms with E-state index in [2.05, 4.69) is 25.3 Å². The lowest BCUT2D eigenvalue weighted by Gasteiger charge is -2.09. The van der Waals surface area contributed by atoms with Crippen LogP contribution in [0.25, 0.3) is 0 Å². The van der Waals surface area contributed by atoms with E-state index in [0.29, 0.717) is 5.69 Å². The van der Waals surface area contributed by atoms with Crippen LogP contribution in [0, 0.1) is 0 Å². The predicted octanol–water partition coefficient (Wildman–Crippen LogP) is 0.847. The van der Waals surface area contributed by atoms with Gasteiger partial charge in [-0.05, 0) is 0 Å². The summed E-state index contributed by atoms with van der Waals surface area (Å²) in [5.74, 6) is -0.198. The first kappa shape index (κ1) is 14.0. The average molecular weight is 264 g/mol. The number of nitrogens with one attached hydrogen (secondary N) is 2. The van der Waals surface area contributed by atoms with Crippen LogP contribution in [0.5, 0.6) is 5.88 Å². The Bertz CT molecular complexity index is 411. The third kappa shape index (κ3) is 5.32. The van der Waals surface area contributed by atoms with E-state index in [-0.39, 0.29) is 12.4 Å².